The molecule has 0 atom stereocenters. The smallest absolute Gasteiger partial charge is 0.125 e. The lowest BCUT2D eigenvalue weighted by Crippen LogP contribution is -1.68. The maximum Gasteiger partial charge on any atom is 0.125 e. The first-order chi connectivity index (χ1) is 5.81. The van der Waals surface area contributed by atoms with Gasteiger partial charge in [0, 0.05) is 9.86 Å². The summed E-state index contributed by atoms with van der Waals surface area (Å²) >= 11 is 5.06. The zero-order valence-electron chi connectivity index (χ0n) is 6.47. The molecule has 12 heavy (non-hydrogen) atoms. The van der Waals surface area contributed by atoms with Gasteiger partial charge in [0.1, 0.15) is 5.03 Å². The molecule has 2 aromatic rings. The summed E-state index contributed by atoms with van der Waals surface area (Å²) in [7, 11) is 0. The van der Waals surface area contributed by atoms with Crippen LogP contribution >= 0.6 is 27.7 Å². The molecule has 0 bridgehead atoms. The third-order valence-corrected chi connectivity index (χ3v) is 2.87. The lowest BCUT2D eigenvalue weighted by molar-refractivity contribution is 1.03. The molecular weight excluding hydrogens is 236 g/mol. The number of halogens is 1. The first kappa shape index (κ1) is 8.13. The molecule has 1 heterocycles. The Labute approximate surface area is 82.9 Å². The van der Waals surface area contributed by atoms with Gasteiger partial charge in [-0.15, -0.1) is 11.8 Å². The van der Waals surface area contributed by atoms with Crippen molar-refractivity contribution in [2.75, 3.05) is 6.26 Å². The maximum absolute atomic E-state index is 4.17. The van der Waals surface area contributed by atoms with E-state index < -0.39 is 0 Å². The Hall–Kier alpha value is -0.480. The molecule has 4 heteroatoms. The fraction of sp³-hybridized carbons (Fsp3) is 0.125. The van der Waals surface area contributed by atoms with Gasteiger partial charge in [-0.05, 0) is 24.5 Å². The second kappa shape index (κ2) is 3.11. The third kappa shape index (κ3) is 1.25. The summed E-state index contributed by atoms with van der Waals surface area (Å²) in [5.41, 5.74) is 1.08. The van der Waals surface area contributed by atoms with E-state index in [0.717, 1.165) is 15.0 Å². The van der Waals surface area contributed by atoms with E-state index in [9.17, 15) is 0 Å². The van der Waals surface area contributed by atoms with Gasteiger partial charge in [-0.25, -0.2) is 0 Å². The number of benzene rings is 1. The van der Waals surface area contributed by atoms with Crippen LogP contribution in [0.15, 0.2) is 27.7 Å². The first-order valence-corrected chi connectivity index (χ1v) is 5.50. The minimum atomic E-state index is 1.05. The molecule has 0 aliphatic heterocycles. The predicted octanol–water partition coefficient (Wildman–Crippen LogP) is 3.05. The number of hydrogen-bond acceptors (Lipinski definition) is 2. The van der Waals surface area contributed by atoms with Crippen LogP contribution in [0, 0.1) is 0 Å². The Kier molecular flexibility index (Phi) is 2.11. The number of thioether (sulfide) groups is 1. The van der Waals surface area contributed by atoms with Gasteiger partial charge in [0.25, 0.3) is 0 Å². The van der Waals surface area contributed by atoms with Crippen molar-refractivity contribution in [1.82, 2.24) is 10.2 Å². The van der Waals surface area contributed by atoms with E-state index in [4.69, 9.17) is 0 Å². The fourth-order valence-corrected chi connectivity index (χ4v) is 2.02. The molecule has 0 fully saturated rings. The van der Waals surface area contributed by atoms with Crippen molar-refractivity contribution in [3.63, 3.8) is 0 Å². The minimum Gasteiger partial charge on any atom is -0.277 e. The number of nitrogens with one attached hydrogen (secondary N) is 1. The molecule has 0 radical (unpaired) electrons. The second-order valence-corrected chi connectivity index (χ2v) is 4.13. The Balaban J connectivity index is 2.73. The number of fused-ring (bicyclic) bond motifs is 1. The highest BCUT2D eigenvalue weighted by Crippen LogP contribution is 2.25. The highest BCUT2D eigenvalue weighted by Gasteiger charge is 2.03. The number of hydrogen-bond donors (Lipinski definition) is 1. The summed E-state index contributed by atoms with van der Waals surface area (Å²) in [6.45, 7) is 0. The summed E-state index contributed by atoms with van der Waals surface area (Å²) in [6.07, 6.45) is 2.03. The van der Waals surface area contributed by atoms with Crippen LogP contribution in [-0.2, 0) is 0 Å². The van der Waals surface area contributed by atoms with Crippen molar-refractivity contribution in [2.24, 2.45) is 0 Å². The highest BCUT2D eigenvalue weighted by atomic mass is 79.9. The van der Waals surface area contributed by atoms with Gasteiger partial charge in [0.2, 0.25) is 0 Å². The van der Waals surface area contributed by atoms with Crippen molar-refractivity contribution >= 4 is 38.6 Å². The van der Waals surface area contributed by atoms with Crippen molar-refractivity contribution in [3.05, 3.63) is 22.7 Å². The van der Waals surface area contributed by atoms with E-state index in [1.54, 1.807) is 11.8 Å². The molecule has 0 aliphatic carbocycles. The molecule has 1 aromatic carbocycles. The second-order valence-electron chi connectivity index (χ2n) is 2.42. The minimum absolute atomic E-state index is 1.05. The van der Waals surface area contributed by atoms with Gasteiger partial charge in [0.15, 0.2) is 0 Å². The average molecular weight is 243 g/mol. The number of rotatable bonds is 1. The highest BCUT2D eigenvalue weighted by molar-refractivity contribution is 9.10. The van der Waals surface area contributed by atoms with Crippen molar-refractivity contribution in [3.8, 4) is 0 Å². The Morgan fingerprint density at radius 2 is 2.33 bits per heavy atom. The van der Waals surface area contributed by atoms with E-state index in [1.165, 1.54) is 5.39 Å². The molecule has 2 rings (SSSR count). The molecule has 2 nitrogen and oxygen atoms in total. The molecule has 0 saturated carbocycles. The van der Waals surface area contributed by atoms with Gasteiger partial charge in [0.05, 0.1) is 5.52 Å². The molecule has 1 N–H and O–H groups in total. The lowest BCUT2D eigenvalue weighted by Gasteiger charge is -1.91. The average Bonchev–Trinajstić information content (AvgIpc) is 2.46. The normalized spacial score (nSPS) is 10.8. The summed E-state index contributed by atoms with van der Waals surface area (Å²) in [5, 5.41) is 9.39. The summed E-state index contributed by atoms with van der Waals surface area (Å²) in [4.78, 5) is 0. The Morgan fingerprint density at radius 1 is 1.50 bits per heavy atom. The molecular formula is C8H7BrN2S. The van der Waals surface area contributed by atoms with Gasteiger partial charge in [-0.3, -0.25) is 5.10 Å². The zero-order chi connectivity index (χ0) is 8.55. The van der Waals surface area contributed by atoms with Crippen LogP contribution in [0.25, 0.3) is 10.9 Å². The van der Waals surface area contributed by atoms with E-state index in [-0.39, 0.29) is 0 Å². The number of nitrogens with zero attached hydrogens (tertiary/aromatic N) is 1. The number of aromatic nitrogens is 2. The van der Waals surface area contributed by atoms with Gasteiger partial charge >= 0.3 is 0 Å². The largest absolute Gasteiger partial charge is 0.277 e. The Morgan fingerprint density at radius 3 is 3.08 bits per heavy atom. The summed E-state index contributed by atoms with van der Waals surface area (Å²) in [6, 6.07) is 6.12. The number of H-pyrrole nitrogens is 1. The zero-order valence-corrected chi connectivity index (χ0v) is 8.87. The van der Waals surface area contributed by atoms with Crippen molar-refractivity contribution in [1.29, 1.82) is 0 Å². The molecule has 0 amide bonds. The van der Waals surface area contributed by atoms with Crippen molar-refractivity contribution < 1.29 is 0 Å². The van der Waals surface area contributed by atoms with Crippen LogP contribution in [0.4, 0.5) is 0 Å². The van der Waals surface area contributed by atoms with Crippen LogP contribution in [0.1, 0.15) is 0 Å². The monoisotopic (exact) mass is 242 g/mol. The molecule has 0 saturated heterocycles. The summed E-state index contributed by atoms with van der Waals surface area (Å²) < 4.78 is 1.08. The molecule has 0 aliphatic rings. The topological polar surface area (TPSA) is 28.7 Å². The number of aromatic amines is 1. The van der Waals surface area contributed by atoms with E-state index in [0.29, 0.717) is 0 Å². The maximum atomic E-state index is 4.17. The SMILES string of the molecule is CSc1n[nH]c2cc(Br)ccc12. The van der Waals surface area contributed by atoms with Crippen LogP contribution < -0.4 is 0 Å². The van der Waals surface area contributed by atoms with Crippen LogP contribution in [-0.4, -0.2) is 16.5 Å². The quantitative estimate of drug-likeness (QED) is 0.780. The standard InChI is InChI=1S/C8H7BrN2S/c1-12-8-6-3-2-5(9)4-7(6)10-11-8/h2-4H,1H3,(H,10,11). The Bertz CT molecular complexity index is 410. The predicted molar refractivity (Wildman–Crippen MR) is 55.6 cm³/mol. The van der Waals surface area contributed by atoms with Gasteiger partial charge in [-0.2, -0.15) is 5.10 Å². The van der Waals surface area contributed by atoms with Crippen LogP contribution in [0.2, 0.25) is 0 Å². The summed E-state index contributed by atoms with van der Waals surface area (Å²) in [5.74, 6) is 0. The van der Waals surface area contributed by atoms with Gasteiger partial charge in [-0.1, -0.05) is 15.9 Å². The first-order valence-electron chi connectivity index (χ1n) is 3.49. The van der Waals surface area contributed by atoms with Crippen LogP contribution in [0.5, 0.6) is 0 Å². The lowest BCUT2D eigenvalue weighted by atomic mass is 10.3. The van der Waals surface area contributed by atoms with E-state index in [1.807, 2.05) is 18.4 Å². The third-order valence-electron chi connectivity index (χ3n) is 1.68. The molecule has 62 valence electrons. The van der Waals surface area contributed by atoms with E-state index in [2.05, 4.69) is 32.2 Å². The van der Waals surface area contributed by atoms with E-state index >= 15 is 0 Å². The molecule has 0 spiro atoms. The van der Waals surface area contributed by atoms with Crippen molar-refractivity contribution in [2.45, 2.75) is 5.03 Å². The van der Waals surface area contributed by atoms with Gasteiger partial charge < -0.3 is 0 Å². The molecule has 0 unspecified atom stereocenters. The molecule has 1 aromatic heterocycles. The van der Waals surface area contributed by atoms with Crippen LogP contribution in [0.3, 0.4) is 0 Å². The fourth-order valence-electron chi connectivity index (χ4n) is 1.12.